The second-order valence-corrected chi connectivity index (χ2v) is 10.8. The third-order valence-electron chi connectivity index (χ3n) is 5.13. The van der Waals surface area contributed by atoms with Gasteiger partial charge in [0.15, 0.2) is 5.13 Å². The summed E-state index contributed by atoms with van der Waals surface area (Å²) < 4.78 is 28.2. The van der Waals surface area contributed by atoms with Gasteiger partial charge in [-0.1, -0.05) is 40.2 Å². The van der Waals surface area contributed by atoms with Gasteiger partial charge in [0.1, 0.15) is 0 Å². The van der Waals surface area contributed by atoms with Crippen molar-refractivity contribution in [1.29, 1.82) is 0 Å². The lowest BCUT2D eigenvalue weighted by molar-refractivity contribution is 0.384. The summed E-state index contributed by atoms with van der Waals surface area (Å²) in [5, 5.41) is 3.07. The van der Waals surface area contributed by atoms with Crippen LogP contribution in [0.2, 0.25) is 0 Å². The molecule has 0 atom stereocenters. The van der Waals surface area contributed by atoms with Crippen LogP contribution in [0.4, 0.5) is 5.13 Å². The molecule has 0 bridgehead atoms. The minimum Gasteiger partial charge on any atom is -0.345 e. The summed E-state index contributed by atoms with van der Waals surface area (Å²) in [6.45, 7) is 4.34. The number of anilines is 1. The second kappa shape index (κ2) is 8.55. The Hall–Kier alpha value is -1.74. The van der Waals surface area contributed by atoms with E-state index < -0.39 is 10.0 Å². The number of nitrogens with zero attached hydrogens (tertiary/aromatic N) is 3. The van der Waals surface area contributed by atoms with Crippen LogP contribution in [-0.2, 0) is 16.4 Å². The molecule has 1 saturated heterocycles. The zero-order valence-corrected chi connectivity index (χ0v) is 19.3. The Morgan fingerprint density at radius 1 is 1.03 bits per heavy atom. The summed E-state index contributed by atoms with van der Waals surface area (Å²) in [7, 11) is -3.46. The molecule has 0 N–H and O–H groups in total. The lowest BCUT2D eigenvalue weighted by atomic mass is 10.1. The number of hydrogen-bond acceptors (Lipinski definition) is 5. The Bertz CT molecular complexity index is 1090. The van der Waals surface area contributed by atoms with Crippen LogP contribution in [0, 0.1) is 6.92 Å². The van der Waals surface area contributed by atoms with Gasteiger partial charge in [-0.25, -0.2) is 13.4 Å². The number of sulfonamides is 1. The molecule has 5 nitrogen and oxygen atoms in total. The van der Waals surface area contributed by atoms with Gasteiger partial charge in [-0.05, 0) is 42.3 Å². The Morgan fingerprint density at radius 2 is 1.72 bits per heavy atom. The van der Waals surface area contributed by atoms with Crippen molar-refractivity contribution < 1.29 is 8.42 Å². The highest BCUT2D eigenvalue weighted by Gasteiger charge is 2.29. The minimum absolute atomic E-state index is 0.337. The van der Waals surface area contributed by atoms with Gasteiger partial charge in [0, 0.05) is 42.5 Å². The predicted octanol–water partition coefficient (Wildman–Crippen LogP) is 4.32. The van der Waals surface area contributed by atoms with Gasteiger partial charge in [0.25, 0.3) is 0 Å². The molecule has 152 valence electrons. The molecule has 29 heavy (non-hydrogen) atoms. The largest absolute Gasteiger partial charge is 0.345 e. The highest BCUT2D eigenvalue weighted by atomic mass is 79.9. The summed E-state index contributed by atoms with van der Waals surface area (Å²) >= 11 is 4.98. The fourth-order valence-electron chi connectivity index (χ4n) is 3.40. The van der Waals surface area contributed by atoms with Gasteiger partial charge in [0.2, 0.25) is 10.0 Å². The summed E-state index contributed by atoms with van der Waals surface area (Å²) in [4.78, 5) is 7.31. The van der Waals surface area contributed by atoms with Gasteiger partial charge in [-0.2, -0.15) is 4.31 Å². The third kappa shape index (κ3) is 4.55. The van der Waals surface area contributed by atoms with Crippen LogP contribution in [-0.4, -0.2) is 43.9 Å². The maximum atomic E-state index is 12.9. The fourth-order valence-corrected chi connectivity index (χ4v) is 5.97. The average Bonchev–Trinajstić information content (AvgIpc) is 3.19. The van der Waals surface area contributed by atoms with Crippen molar-refractivity contribution in [2.24, 2.45) is 0 Å². The predicted molar refractivity (Wildman–Crippen MR) is 121 cm³/mol. The van der Waals surface area contributed by atoms with Gasteiger partial charge >= 0.3 is 0 Å². The molecule has 2 heterocycles. The Kier molecular flexibility index (Phi) is 6.06. The van der Waals surface area contributed by atoms with Crippen LogP contribution in [0.5, 0.6) is 0 Å². The number of rotatable bonds is 5. The van der Waals surface area contributed by atoms with Crippen molar-refractivity contribution in [3.63, 3.8) is 0 Å². The SMILES string of the molecule is Cc1ccccc1Cc1csc(N2CCN(S(=O)(=O)c3ccc(Br)cc3)CC2)n1. The first-order chi connectivity index (χ1) is 13.9. The topological polar surface area (TPSA) is 53.5 Å². The van der Waals surface area contributed by atoms with Crippen molar-refractivity contribution in [3.8, 4) is 0 Å². The van der Waals surface area contributed by atoms with Crippen LogP contribution in [0.25, 0.3) is 0 Å². The van der Waals surface area contributed by atoms with Gasteiger partial charge < -0.3 is 4.90 Å². The molecule has 1 aromatic heterocycles. The maximum absolute atomic E-state index is 12.9. The summed E-state index contributed by atoms with van der Waals surface area (Å²) in [6.07, 6.45) is 0.821. The number of thiazole rings is 1. The van der Waals surface area contributed by atoms with E-state index >= 15 is 0 Å². The third-order valence-corrected chi connectivity index (χ3v) is 8.52. The maximum Gasteiger partial charge on any atom is 0.243 e. The Balaban J connectivity index is 1.40. The lowest BCUT2D eigenvalue weighted by Gasteiger charge is -2.33. The van der Waals surface area contributed by atoms with Crippen molar-refractivity contribution in [3.05, 3.63) is 75.2 Å². The lowest BCUT2D eigenvalue weighted by Crippen LogP contribution is -2.48. The zero-order valence-electron chi connectivity index (χ0n) is 16.1. The molecule has 0 spiro atoms. The first-order valence-electron chi connectivity index (χ1n) is 9.43. The van der Waals surface area contributed by atoms with Crippen LogP contribution in [0.15, 0.2) is 63.3 Å². The molecule has 8 heteroatoms. The van der Waals surface area contributed by atoms with E-state index in [4.69, 9.17) is 4.98 Å². The van der Waals surface area contributed by atoms with E-state index in [0.29, 0.717) is 31.1 Å². The molecule has 1 aliphatic heterocycles. The van der Waals surface area contributed by atoms with E-state index in [2.05, 4.69) is 51.3 Å². The van der Waals surface area contributed by atoms with E-state index in [-0.39, 0.29) is 0 Å². The second-order valence-electron chi connectivity index (χ2n) is 7.07. The van der Waals surface area contributed by atoms with E-state index in [9.17, 15) is 8.42 Å². The summed E-state index contributed by atoms with van der Waals surface area (Å²) in [6, 6.07) is 15.2. The van der Waals surface area contributed by atoms with Crippen LogP contribution < -0.4 is 4.90 Å². The Labute approximate surface area is 184 Å². The fraction of sp³-hybridized carbons (Fsp3) is 0.286. The number of hydrogen-bond donors (Lipinski definition) is 0. The van der Waals surface area contributed by atoms with Crippen molar-refractivity contribution in [2.75, 3.05) is 31.1 Å². The highest BCUT2D eigenvalue weighted by molar-refractivity contribution is 9.10. The van der Waals surface area contributed by atoms with Crippen molar-refractivity contribution in [2.45, 2.75) is 18.2 Å². The minimum atomic E-state index is -3.46. The first kappa shape index (κ1) is 20.5. The molecule has 0 radical (unpaired) electrons. The average molecular weight is 492 g/mol. The number of aryl methyl sites for hydroxylation is 1. The molecular weight excluding hydrogens is 470 g/mol. The van der Waals surface area contributed by atoms with Crippen LogP contribution >= 0.6 is 27.3 Å². The molecule has 1 aliphatic rings. The molecule has 0 aliphatic carbocycles. The van der Waals surface area contributed by atoms with Crippen LogP contribution in [0.3, 0.4) is 0 Å². The molecular formula is C21H22BrN3O2S2. The smallest absolute Gasteiger partial charge is 0.243 e. The summed E-state index contributed by atoms with van der Waals surface area (Å²) in [5.41, 5.74) is 3.62. The molecule has 4 rings (SSSR count). The molecule has 0 amide bonds. The number of piperazine rings is 1. The molecule has 3 aromatic rings. The van der Waals surface area contributed by atoms with E-state index in [1.54, 1.807) is 39.9 Å². The monoisotopic (exact) mass is 491 g/mol. The quantitative estimate of drug-likeness (QED) is 0.533. The first-order valence-corrected chi connectivity index (χ1v) is 12.5. The molecule has 1 fully saturated rings. The van der Waals surface area contributed by atoms with Gasteiger partial charge in [-0.15, -0.1) is 11.3 Å². The molecule has 0 unspecified atom stereocenters. The number of halogens is 1. The standard InChI is InChI=1S/C21H22BrN3O2S2/c1-16-4-2-3-5-17(16)14-19-15-28-21(23-19)24-10-12-25(13-11-24)29(26,27)20-8-6-18(22)7-9-20/h2-9,15H,10-14H2,1H3. The number of benzene rings is 2. The van der Waals surface area contributed by atoms with Gasteiger partial charge in [-0.3, -0.25) is 0 Å². The van der Waals surface area contributed by atoms with Crippen LogP contribution in [0.1, 0.15) is 16.8 Å². The van der Waals surface area contributed by atoms with E-state index in [1.807, 2.05) is 6.07 Å². The molecule has 2 aromatic carbocycles. The van der Waals surface area contributed by atoms with E-state index in [1.165, 1.54) is 11.1 Å². The van der Waals surface area contributed by atoms with Crippen molar-refractivity contribution >= 4 is 42.4 Å². The normalized spacial score (nSPS) is 15.6. The highest BCUT2D eigenvalue weighted by Crippen LogP contribution is 2.26. The van der Waals surface area contributed by atoms with Gasteiger partial charge in [0.05, 0.1) is 10.6 Å². The Morgan fingerprint density at radius 3 is 2.41 bits per heavy atom. The van der Waals surface area contributed by atoms with Crippen molar-refractivity contribution in [1.82, 2.24) is 9.29 Å². The number of aromatic nitrogens is 1. The summed E-state index contributed by atoms with van der Waals surface area (Å²) in [5.74, 6) is 0. The molecule has 0 saturated carbocycles. The van der Waals surface area contributed by atoms with E-state index in [0.717, 1.165) is 21.7 Å². The zero-order chi connectivity index (χ0) is 20.4.